The summed E-state index contributed by atoms with van der Waals surface area (Å²) < 4.78 is 89.6. The van der Waals surface area contributed by atoms with Gasteiger partial charge in [-0.2, -0.15) is 13.2 Å². The number of nitrogens with zero attached hydrogens (tertiary/aromatic N) is 1. The van der Waals surface area contributed by atoms with Crippen LogP contribution in [0.25, 0.3) is 0 Å². The molecule has 3 aliphatic rings. The van der Waals surface area contributed by atoms with E-state index in [1.54, 1.807) is 17.0 Å². The van der Waals surface area contributed by atoms with Crippen molar-refractivity contribution in [2.75, 3.05) is 19.8 Å². The largest absolute Gasteiger partial charge is 0.426 e. The molecule has 0 saturated carbocycles. The smallest absolute Gasteiger partial charge is 0.381 e. The summed E-state index contributed by atoms with van der Waals surface area (Å²) in [6.07, 6.45) is -3.52. The SMILES string of the molecule is CC(F)(c1ccc2c(c1)CC[C@H]1N(C(=O)C3(F)CCOCC3)CC[C@@]21Cc1ccc(F)cc1)C(F)(F)F. The molecule has 0 spiro atoms. The number of alkyl halides is 5. The van der Waals surface area contributed by atoms with E-state index in [1.165, 1.54) is 30.3 Å². The van der Waals surface area contributed by atoms with E-state index in [-0.39, 0.29) is 26.1 Å². The summed E-state index contributed by atoms with van der Waals surface area (Å²) in [5.74, 6) is -0.974. The minimum Gasteiger partial charge on any atom is -0.381 e. The fourth-order valence-corrected chi connectivity index (χ4v) is 6.40. The number of carbonyl (C=O) groups is 1. The zero-order valence-electron chi connectivity index (χ0n) is 20.5. The summed E-state index contributed by atoms with van der Waals surface area (Å²) in [6.45, 7) is 1.13. The standard InChI is InChI=1S/C28H29F6NO2/c1-25(30,28(32,33)34)20-5-8-22-19(16-20)4-9-23-26(22,17-18-2-6-21(29)7-3-18)10-13-35(23)24(36)27(31)11-14-37-15-12-27/h2-3,5-8,16,23H,4,9-15,17H2,1H3/t23-,25?,26-/m1/s1. The minimum absolute atomic E-state index is 0.0213. The first-order valence-electron chi connectivity index (χ1n) is 12.6. The maximum absolute atomic E-state index is 15.7. The second-order valence-electron chi connectivity index (χ2n) is 10.7. The third-order valence-corrected chi connectivity index (χ3v) is 8.58. The average Bonchev–Trinajstić information content (AvgIpc) is 3.23. The molecule has 37 heavy (non-hydrogen) atoms. The van der Waals surface area contributed by atoms with E-state index in [4.69, 9.17) is 4.74 Å². The number of fused-ring (bicyclic) bond motifs is 3. The molecule has 200 valence electrons. The van der Waals surface area contributed by atoms with Crippen LogP contribution in [0.2, 0.25) is 0 Å². The van der Waals surface area contributed by atoms with E-state index < -0.39 is 46.3 Å². The van der Waals surface area contributed by atoms with Crippen LogP contribution in [0.15, 0.2) is 42.5 Å². The molecule has 2 aromatic rings. The second kappa shape index (κ2) is 9.03. The summed E-state index contributed by atoms with van der Waals surface area (Å²) >= 11 is 0. The Morgan fingerprint density at radius 2 is 1.73 bits per heavy atom. The number of rotatable bonds is 4. The number of ether oxygens (including phenoxy) is 1. The number of benzene rings is 2. The normalized spacial score (nSPS) is 26.8. The van der Waals surface area contributed by atoms with E-state index in [0.717, 1.165) is 11.1 Å². The van der Waals surface area contributed by atoms with Crippen molar-refractivity contribution in [1.29, 1.82) is 0 Å². The molecule has 5 rings (SSSR count). The monoisotopic (exact) mass is 525 g/mol. The van der Waals surface area contributed by atoms with E-state index in [0.29, 0.717) is 44.7 Å². The Balaban J connectivity index is 1.56. The van der Waals surface area contributed by atoms with Crippen LogP contribution in [0.4, 0.5) is 26.3 Å². The maximum Gasteiger partial charge on any atom is 0.426 e. The van der Waals surface area contributed by atoms with Gasteiger partial charge in [0.05, 0.1) is 13.2 Å². The summed E-state index contributed by atoms with van der Waals surface area (Å²) in [5, 5.41) is 0. The van der Waals surface area contributed by atoms with Gasteiger partial charge in [0, 0.05) is 30.8 Å². The number of hydrogen-bond acceptors (Lipinski definition) is 2. The molecule has 1 aliphatic carbocycles. The van der Waals surface area contributed by atoms with E-state index in [1.807, 2.05) is 0 Å². The predicted octanol–water partition coefficient (Wildman–Crippen LogP) is 6.12. The van der Waals surface area contributed by atoms with Gasteiger partial charge in [-0.25, -0.2) is 13.2 Å². The van der Waals surface area contributed by atoms with Crippen LogP contribution in [0.5, 0.6) is 0 Å². The second-order valence-corrected chi connectivity index (χ2v) is 10.7. The van der Waals surface area contributed by atoms with Gasteiger partial charge in [-0.05, 0) is 67.0 Å². The molecule has 3 atom stereocenters. The molecule has 0 N–H and O–H groups in total. The first-order chi connectivity index (χ1) is 17.4. The minimum atomic E-state index is -5.07. The zero-order valence-corrected chi connectivity index (χ0v) is 20.5. The number of halogens is 6. The number of carbonyl (C=O) groups excluding carboxylic acids is 1. The fraction of sp³-hybridized carbons (Fsp3) is 0.536. The topological polar surface area (TPSA) is 29.5 Å². The predicted molar refractivity (Wildman–Crippen MR) is 125 cm³/mol. The van der Waals surface area contributed by atoms with Gasteiger partial charge in [0.15, 0.2) is 5.67 Å². The van der Waals surface area contributed by atoms with Crippen LogP contribution in [0.1, 0.15) is 54.9 Å². The summed E-state index contributed by atoms with van der Waals surface area (Å²) in [5.41, 5.74) is -4.58. The van der Waals surface area contributed by atoms with E-state index in [9.17, 15) is 26.7 Å². The molecule has 2 aromatic carbocycles. The molecule has 2 aliphatic heterocycles. The van der Waals surface area contributed by atoms with Gasteiger partial charge in [0.25, 0.3) is 5.91 Å². The van der Waals surface area contributed by atoms with E-state index in [2.05, 4.69) is 0 Å². The zero-order chi connectivity index (χ0) is 26.6. The Kier molecular flexibility index (Phi) is 6.36. The van der Waals surface area contributed by atoms with Crippen LogP contribution >= 0.6 is 0 Å². The quantitative estimate of drug-likeness (QED) is 0.451. The van der Waals surface area contributed by atoms with Crippen LogP contribution in [0.3, 0.4) is 0 Å². The van der Waals surface area contributed by atoms with Gasteiger partial charge in [-0.15, -0.1) is 0 Å². The van der Waals surface area contributed by atoms with Crippen molar-refractivity contribution in [3.8, 4) is 0 Å². The highest BCUT2D eigenvalue weighted by atomic mass is 19.4. The summed E-state index contributed by atoms with van der Waals surface area (Å²) in [6, 6.07) is 9.56. The lowest BCUT2D eigenvalue weighted by Gasteiger charge is -2.45. The molecule has 1 amide bonds. The molecule has 9 heteroatoms. The van der Waals surface area contributed by atoms with Crippen molar-refractivity contribution >= 4 is 5.91 Å². The fourth-order valence-electron chi connectivity index (χ4n) is 6.40. The van der Waals surface area contributed by atoms with Gasteiger partial charge < -0.3 is 9.64 Å². The van der Waals surface area contributed by atoms with Gasteiger partial charge in [0.2, 0.25) is 5.67 Å². The molecule has 3 nitrogen and oxygen atoms in total. The number of hydrogen-bond donors (Lipinski definition) is 0. The summed E-state index contributed by atoms with van der Waals surface area (Å²) in [4.78, 5) is 15.1. The lowest BCUT2D eigenvalue weighted by Crippen LogP contribution is -2.55. The number of amides is 1. The first kappa shape index (κ1) is 26.1. The van der Waals surface area contributed by atoms with Gasteiger partial charge >= 0.3 is 6.18 Å². The maximum atomic E-state index is 15.7. The van der Waals surface area contributed by atoms with E-state index >= 15 is 4.39 Å². The van der Waals surface area contributed by atoms with Gasteiger partial charge in [0.1, 0.15) is 5.82 Å². The van der Waals surface area contributed by atoms with Crippen LogP contribution in [-0.4, -0.2) is 48.5 Å². The Morgan fingerprint density at radius 3 is 2.38 bits per heavy atom. The Bertz CT molecular complexity index is 1170. The Morgan fingerprint density at radius 1 is 1.05 bits per heavy atom. The van der Waals surface area contributed by atoms with Gasteiger partial charge in [-0.1, -0.05) is 30.3 Å². The lowest BCUT2D eigenvalue weighted by atomic mass is 9.63. The lowest BCUT2D eigenvalue weighted by molar-refractivity contribution is -0.228. The van der Waals surface area contributed by atoms with Crippen molar-refractivity contribution in [2.45, 2.75) is 74.4 Å². The van der Waals surface area contributed by atoms with Crippen molar-refractivity contribution in [1.82, 2.24) is 4.90 Å². The Labute approximate surface area is 211 Å². The highest BCUT2D eigenvalue weighted by molar-refractivity contribution is 5.86. The highest BCUT2D eigenvalue weighted by Gasteiger charge is 2.57. The number of aryl methyl sites for hydroxylation is 1. The van der Waals surface area contributed by atoms with Crippen molar-refractivity contribution in [3.63, 3.8) is 0 Å². The van der Waals surface area contributed by atoms with Crippen LogP contribution in [-0.2, 0) is 33.5 Å². The molecular weight excluding hydrogens is 496 g/mol. The molecule has 2 saturated heterocycles. The molecule has 2 fully saturated rings. The first-order valence-corrected chi connectivity index (χ1v) is 12.6. The van der Waals surface area contributed by atoms with Crippen LogP contribution in [0, 0.1) is 5.82 Å². The van der Waals surface area contributed by atoms with Crippen molar-refractivity contribution in [3.05, 3.63) is 70.5 Å². The van der Waals surface area contributed by atoms with Crippen molar-refractivity contribution in [2.24, 2.45) is 0 Å². The summed E-state index contributed by atoms with van der Waals surface area (Å²) in [7, 11) is 0. The highest BCUT2D eigenvalue weighted by Crippen LogP contribution is 2.51. The van der Waals surface area contributed by atoms with Crippen LogP contribution < -0.4 is 0 Å². The average molecular weight is 526 g/mol. The molecule has 0 bridgehead atoms. The number of likely N-dealkylation sites (tertiary alicyclic amines) is 1. The molecule has 1 unspecified atom stereocenters. The third-order valence-electron chi connectivity index (χ3n) is 8.58. The molecule has 0 radical (unpaired) electrons. The van der Waals surface area contributed by atoms with Gasteiger partial charge in [-0.3, -0.25) is 4.79 Å². The molecular formula is C28H29F6NO2. The Hall–Kier alpha value is -2.55. The van der Waals surface area contributed by atoms with Crippen molar-refractivity contribution < 1.29 is 35.9 Å². The molecule has 2 heterocycles. The third kappa shape index (κ3) is 4.33. The molecule has 0 aromatic heterocycles.